The number of carboxylic acid groups (broad SMARTS) is 1. The number of rotatable bonds is 8. The van der Waals surface area contributed by atoms with Gasteiger partial charge in [0.1, 0.15) is 5.76 Å². The van der Waals surface area contributed by atoms with Gasteiger partial charge in [-0.3, -0.25) is 9.59 Å². The fraction of sp³-hybridized carbons (Fsp3) is 0.222. The second kappa shape index (κ2) is 9.58. The van der Waals surface area contributed by atoms with Gasteiger partial charge in [0, 0.05) is 28.8 Å². The van der Waals surface area contributed by atoms with Gasteiger partial charge in [-0.2, -0.15) is 0 Å². The Morgan fingerprint density at radius 1 is 1.26 bits per heavy atom. The van der Waals surface area contributed by atoms with Crippen LogP contribution >= 0.6 is 11.8 Å². The standard InChI is InChI=1S/C18H19N3O5S/c1-3-14(18(25)20-15-9-11(2)26-21-15)27-13-6-4-5-12(10-13)19-16(22)7-8-17(23)24/h4-10,14H,3H2,1-2H3,(H,19,22)(H,23,24)(H,20,21,25)/b8-7+. The lowest BCUT2D eigenvalue weighted by Gasteiger charge is -2.14. The molecule has 0 radical (unpaired) electrons. The van der Waals surface area contributed by atoms with Crippen molar-refractivity contribution in [2.45, 2.75) is 30.4 Å². The fourth-order valence-electron chi connectivity index (χ4n) is 2.10. The van der Waals surface area contributed by atoms with E-state index in [4.69, 9.17) is 9.63 Å². The van der Waals surface area contributed by atoms with Gasteiger partial charge in [-0.25, -0.2) is 4.79 Å². The number of carbonyl (C=O) groups is 3. The van der Waals surface area contributed by atoms with Crippen molar-refractivity contribution >= 4 is 41.1 Å². The van der Waals surface area contributed by atoms with Crippen molar-refractivity contribution in [3.05, 3.63) is 48.2 Å². The highest BCUT2D eigenvalue weighted by atomic mass is 32.2. The van der Waals surface area contributed by atoms with Crippen LogP contribution in [-0.4, -0.2) is 33.3 Å². The normalized spacial score (nSPS) is 11.9. The maximum atomic E-state index is 12.4. The molecule has 1 heterocycles. The predicted molar refractivity (Wildman–Crippen MR) is 102 cm³/mol. The third-order valence-corrected chi connectivity index (χ3v) is 4.66. The third kappa shape index (κ3) is 6.63. The highest BCUT2D eigenvalue weighted by Crippen LogP contribution is 2.28. The van der Waals surface area contributed by atoms with Gasteiger partial charge in [0.15, 0.2) is 5.82 Å². The number of benzene rings is 1. The summed E-state index contributed by atoms with van der Waals surface area (Å²) in [6, 6.07) is 8.59. The number of hydrogen-bond acceptors (Lipinski definition) is 6. The number of hydrogen-bond donors (Lipinski definition) is 3. The first-order chi connectivity index (χ1) is 12.9. The first kappa shape index (κ1) is 20.2. The van der Waals surface area contributed by atoms with Crippen molar-refractivity contribution in [1.82, 2.24) is 5.16 Å². The minimum Gasteiger partial charge on any atom is -0.478 e. The Hall–Kier alpha value is -3.07. The summed E-state index contributed by atoms with van der Waals surface area (Å²) in [6.07, 6.45) is 2.28. The Morgan fingerprint density at radius 3 is 2.67 bits per heavy atom. The van der Waals surface area contributed by atoms with Crippen molar-refractivity contribution in [2.24, 2.45) is 0 Å². The van der Waals surface area contributed by atoms with Crippen LogP contribution in [0.1, 0.15) is 19.1 Å². The van der Waals surface area contributed by atoms with E-state index in [0.717, 1.165) is 17.0 Å². The van der Waals surface area contributed by atoms with Crippen molar-refractivity contribution in [2.75, 3.05) is 10.6 Å². The summed E-state index contributed by atoms with van der Waals surface area (Å²) in [5.74, 6) is -0.983. The van der Waals surface area contributed by atoms with Gasteiger partial charge in [0.2, 0.25) is 11.8 Å². The second-order valence-electron chi connectivity index (χ2n) is 5.52. The number of amides is 2. The molecule has 27 heavy (non-hydrogen) atoms. The first-order valence-electron chi connectivity index (χ1n) is 8.10. The number of carbonyl (C=O) groups excluding carboxylic acids is 2. The lowest BCUT2D eigenvalue weighted by Crippen LogP contribution is -2.24. The number of aryl methyl sites for hydroxylation is 1. The molecule has 1 aromatic heterocycles. The molecule has 1 unspecified atom stereocenters. The van der Waals surface area contributed by atoms with Crippen LogP contribution in [-0.2, 0) is 14.4 Å². The predicted octanol–water partition coefficient (Wildman–Crippen LogP) is 3.07. The second-order valence-corrected chi connectivity index (χ2v) is 6.79. The van der Waals surface area contributed by atoms with E-state index in [1.165, 1.54) is 11.8 Å². The van der Waals surface area contributed by atoms with Crippen LogP contribution in [0.5, 0.6) is 0 Å². The average molecular weight is 389 g/mol. The van der Waals surface area contributed by atoms with Crippen LogP contribution in [0.2, 0.25) is 0 Å². The Bertz CT molecular complexity index is 862. The molecule has 0 saturated heterocycles. The number of nitrogens with zero attached hydrogens (tertiary/aromatic N) is 1. The van der Waals surface area contributed by atoms with E-state index in [1.54, 1.807) is 31.2 Å². The zero-order valence-corrected chi connectivity index (χ0v) is 15.6. The molecule has 2 aromatic rings. The topological polar surface area (TPSA) is 122 Å². The molecule has 0 fully saturated rings. The van der Waals surface area contributed by atoms with Crippen LogP contribution in [0.25, 0.3) is 0 Å². The molecule has 0 aliphatic carbocycles. The van der Waals surface area contributed by atoms with Crippen molar-refractivity contribution in [3.8, 4) is 0 Å². The Morgan fingerprint density at radius 2 is 2.04 bits per heavy atom. The maximum absolute atomic E-state index is 12.4. The van der Waals surface area contributed by atoms with Gasteiger partial charge in [-0.15, -0.1) is 11.8 Å². The molecule has 142 valence electrons. The summed E-state index contributed by atoms with van der Waals surface area (Å²) in [5.41, 5.74) is 0.502. The number of aromatic nitrogens is 1. The summed E-state index contributed by atoms with van der Waals surface area (Å²) >= 11 is 1.35. The molecule has 3 N–H and O–H groups in total. The van der Waals surface area contributed by atoms with Crippen molar-refractivity contribution < 1.29 is 24.0 Å². The zero-order valence-electron chi connectivity index (χ0n) is 14.8. The fourth-order valence-corrected chi connectivity index (χ4v) is 3.11. The summed E-state index contributed by atoms with van der Waals surface area (Å²) in [7, 11) is 0. The number of thioether (sulfide) groups is 1. The van der Waals surface area contributed by atoms with E-state index < -0.39 is 11.9 Å². The third-order valence-electron chi connectivity index (χ3n) is 3.30. The highest BCUT2D eigenvalue weighted by Gasteiger charge is 2.19. The molecule has 1 aromatic carbocycles. The average Bonchev–Trinajstić information content (AvgIpc) is 3.03. The number of carboxylic acids is 1. The number of aliphatic carboxylic acids is 1. The minimum atomic E-state index is -1.20. The first-order valence-corrected chi connectivity index (χ1v) is 8.98. The van der Waals surface area contributed by atoms with Gasteiger partial charge < -0.3 is 20.3 Å². The van der Waals surface area contributed by atoms with E-state index in [0.29, 0.717) is 23.7 Å². The molecule has 0 spiro atoms. The van der Waals surface area contributed by atoms with Gasteiger partial charge in [0.25, 0.3) is 0 Å². The van der Waals surface area contributed by atoms with E-state index >= 15 is 0 Å². The molecule has 0 bridgehead atoms. The Kier molecular flexibility index (Phi) is 7.18. The largest absolute Gasteiger partial charge is 0.478 e. The van der Waals surface area contributed by atoms with Crippen LogP contribution in [0.3, 0.4) is 0 Å². The van der Waals surface area contributed by atoms with Crippen molar-refractivity contribution in [1.29, 1.82) is 0 Å². The van der Waals surface area contributed by atoms with Gasteiger partial charge in [-0.05, 0) is 31.5 Å². The molecule has 1 atom stereocenters. The van der Waals surface area contributed by atoms with Gasteiger partial charge in [0.05, 0.1) is 5.25 Å². The summed E-state index contributed by atoms with van der Waals surface area (Å²) in [4.78, 5) is 35.3. The summed E-state index contributed by atoms with van der Waals surface area (Å²) in [5, 5.41) is 17.2. The molecular weight excluding hydrogens is 370 g/mol. The SMILES string of the molecule is CCC(Sc1cccc(NC(=O)/C=C/C(=O)O)c1)C(=O)Nc1cc(C)on1. The highest BCUT2D eigenvalue weighted by molar-refractivity contribution is 8.00. The maximum Gasteiger partial charge on any atom is 0.328 e. The van der Waals surface area contributed by atoms with Crippen molar-refractivity contribution in [3.63, 3.8) is 0 Å². The van der Waals surface area contributed by atoms with E-state index in [2.05, 4.69) is 15.8 Å². The van der Waals surface area contributed by atoms with E-state index in [9.17, 15) is 14.4 Å². The molecule has 9 heteroatoms. The summed E-state index contributed by atoms with van der Waals surface area (Å²) in [6.45, 7) is 3.63. The lowest BCUT2D eigenvalue weighted by atomic mass is 10.3. The lowest BCUT2D eigenvalue weighted by molar-refractivity contribution is -0.131. The Labute approximate surface area is 160 Å². The molecular formula is C18H19N3O5S. The molecule has 0 aliphatic heterocycles. The van der Waals surface area contributed by atoms with Gasteiger partial charge >= 0.3 is 5.97 Å². The van der Waals surface area contributed by atoms with Crippen LogP contribution in [0.15, 0.2) is 51.9 Å². The molecule has 2 rings (SSSR count). The van der Waals surface area contributed by atoms with Gasteiger partial charge in [-0.1, -0.05) is 18.1 Å². The number of nitrogens with one attached hydrogen (secondary N) is 2. The van der Waals surface area contributed by atoms with E-state index in [1.807, 2.05) is 13.0 Å². The minimum absolute atomic E-state index is 0.199. The molecule has 0 aliphatic rings. The molecule has 0 saturated carbocycles. The Balaban J connectivity index is 2.01. The monoisotopic (exact) mass is 389 g/mol. The quantitative estimate of drug-likeness (QED) is 0.468. The zero-order chi connectivity index (χ0) is 19.8. The number of anilines is 2. The molecule has 2 amide bonds. The smallest absolute Gasteiger partial charge is 0.328 e. The summed E-state index contributed by atoms with van der Waals surface area (Å²) < 4.78 is 4.93. The van der Waals surface area contributed by atoms with Crippen LogP contribution < -0.4 is 10.6 Å². The van der Waals surface area contributed by atoms with Crippen LogP contribution in [0.4, 0.5) is 11.5 Å². The van der Waals surface area contributed by atoms with Crippen LogP contribution in [0, 0.1) is 6.92 Å². The van der Waals surface area contributed by atoms with E-state index in [-0.39, 0.29) is 11.2 Å². The molecule has 8 nitrogen and oxygen atoms in total.